The van der Waals surface area contributed by atoms with E-state index in [0.29, 0.717) is 10.7 Å². The number of hydrogen-bond acceptors (Lipinski definition) is 7. The monoisotopic (exact) mass is 393 g/mol. The highest BCUT2D eigenvalue weighted by molar-refractivity contribution is 8.01. The Labute approximate surface area is 162 Å². The second kappa shape index (κ2) is 7.91. The molecule has 0 unspecified atom stereocenters. The highest BCUT2D eigenvalue weighted by Gasteiger charge is 2.13. The summed E-state index contributed by atoms with van der Waals surface area (Å²) in [5, 5.41) is 30.5. The maximum Gasteiger partial charge on any atom is 0.163 e. The van der Waals surface area contributed by atoms with E-state index in [1.54, 1.807) is 41.7 Å². The van der Waals surface area contributed by atoms with Gasteiger partial charge >= 0.3 is 0 Å². The summed E-state index contributed by atoms with van der Waals surface area (Å²) < 4.78 is 1.91. The smallest absolute Gasteiger partial charge is 0.163 e. The van der Waals surface area contributed by atoms with Gasteiger partial charge in [0, 0.05) is 9.92 Å². The first kappa shape index (κ1) is 17.8. The van der Waals surface area contributed by atoms with Gasteiger partial charge in [-0.1, -0.05) is 35.5 Å². The van der Waals surface area contributed by atoms with Gasteiger partial charge in [0.25, 0.3) is 0 Å². The van der Waals surface area contributed by atoms with Crippen molar-refractivity contribution in [3.05, 3.63) is 58.8 Å². The van der Waals surface area contributed by atoms with Gasteiger partial charge in [-0.3, -0.25) is 0 Å². The van der Waals surface area contributed by atoms with Gasteiger partial charge in [0.15, 0.2) is 9.91 Å². The molecule has 0 amide bonds. The van der Waals surface area contributed by atoms with Crippen molar-refractivity contribution >= 4 is 50.6 Å². The van der Waals surface area contributed by atoms with E-state index in [2.05, 4.69) is 10.3 Å². The number of hydrogen-bond donors (Lipinski definition) is 1. The zero-order valence-electron chi connectivity index (χ0n) is 13.0. The lowest BCUT2D eigenvalue weighted by atomic mass is 10.2. The summed E-state index contributed by atoms with van der Waals surface area (Å²) in [6, 6.07) is 18.3. The molecule has 1 heterocycles. The number of rotatable bonds is 4. The number of fused-ring (bicyclic) bond motifs is 1. The summed E-state index contributed by atoms with van der Waals surface area (Å²) in [6.45, 7) is 0. The fourth-order valence-corrected chi connectivity index (χ4v) is 4.36. The van der Waals surface area contributed by atoms with E-state index < -0.39 is 0 Å². The van der Waals surface area contributed by atoms with Crippen molar-refractivity contribution in [2.45, 2.75) is 9.24 Å². The molecule has 0 aliphatic rings. The van der Waals surface area contributed by atoms with E-state index in [4.69, 9.17) is 22.1 Å². The Bertz CT molecular complexity index is 1100. The Kier molecular flexibility index (Phi) is 5.41. The zero-order valence-corrected chi connectivity index (χ0v) is 15.4. The standard InChI is InChI=1S/C18H8ClN5S2/c19-12-5-6-17(14(7-12)23-15(10-22)11(8-20)9-21)26-18-24-13-3-1-2-4-16(13)25-18/h1-7,23H. The molecule has 0 aliphatic heterocycles. The number of halogens is 1. The molecule has 0 saturated carbocycles. The van der Waals surface area contributed by atoms with Gasteiger partial charge in [-0.2, -0.15) is 15.8 Å². The quantitative estimate of drug-likeness (QED) is 0.601. The largest absolute Gasteiger partial charge is 0.344 e. The molecule has 0 radical (unpaired) electrons. The lowest BCUT2D eigenvalue weighted by Crippen LogP contribution is -2.01. The van der Waals surface area contributed by atoms with Gasteiger partial charge in [-0.25, -0.2) is 4.98 Å². The van der Waals surface area contributed by atoms with Crippen LogP contribution in [0.2, 0.25) is 5.02 Å². The van der Waals surface area contributed by atoms with E-state index in [-0.39, 0.29) is 11.3 Å². The Balaban J connectivity index is 1.99. The van der Waals surface area contributed by atoms with E-state index in [9.17, 15) is 5.26 Å². The number of para-hydroxylation sites is 1. The third-order valence-electron chi connectivity index (χ3n) is 3.26. The normalized spacial score (nSPS) is 9.77. The maximum atomic E-state index is 9.24. The average molecular weight is 394 g/mol. The van der Waals surface area contributed by atoms with Crippen LogP contribution in [0.3, 0.4) is 0 Å². The SMILES string of the molecule is N#CC(C#N)=C(C#N)Nc1cc(Cl)ccc1Sc1nc2ccccc2s1. The molecule has 0 aliphatic carbocycles. The van der Waals surface area contributed by atoms with Crippen molar-refractivity contribution < 1.29 is 0 Å². The van der Waals surface area contributed by atoms with Crippen LogP contribution in [0.1, 0.15) is 0 Å². The summed E-state index contributed by atoms with van der Waals surface area (Å²) in [6.07, 6.45) is 0. The highest BCUT2D eigenvalue weighted by Crippen LogP contribution is 2.39. The van der Waals surface area contributed by atoms with E-state index in [1.165, 1.54) is 11.8 Å². The van der Waals surface area contributed by atoms with Crippen molar-refractivity contribution in [3.63, 3.8) is 0 Å². The predicted octanol–water partition coefficient (Wildman–Crippen LogP) is 5.34. The molecule has 0 atom stereocenters. The molecule has 5 nitrogen and oxygen atoms in total. The van der Waals surface area contributed by atoms with Gasteiger partial charge in [0.05, 0.1) is 15.9 Å². The molecule has 124 valence electrons. The summed E-state index contributed by atoms with van der Waals surface area (Å²) in [7, 11) is 0. The first-order valence-electron chi connectivity index (χ1n) is 7.19. The summed E-state index contributed by atoms with van der Waals surface area (Å²) >= 11 is 9.04. The van der Waals surface area contributed by atoms with Gasteiger partial charge in [-0.15, -0.1) is 11.3 Å². The van der Waals surface area contributed by atoms with Gasteiger partial charge in [-0.05, 0) is 30.3 Å². The third-order valence-corrected chi connectivity index (χ3v) is 5.67. The van der Waals surface area contributed by atoms with Crippen molar-refractivity contribution in [2.24, 2.45) is 0 Å². The van der Waals surface area contributed by atoms with Gasteiger partial charge in [0.2, 0.25) is 0 Å². The second-order valence-corrected chi connectivity index (χ2v) is 7.66. The molecule has 2 aromatic carbocycles. The van der Waals surface area contributed by atoms with Crippen LogP contribution in [0.4, 0.5) is 5.69 Å². The molecule has 0 spiro atoms. The lowest BCUT2D eigenvalue weighted by molar-refractivity contribution is 1.28. The van der Waals surface area contributed by atoms with Crippen LogP contribution in [0.5, 0.6) is 0 Å². The third kappa shape index (κ3) is 3.79. The first-order chi connectivity index (χ1) is 12.6. The molecular weight excluding hydrogens is 386 g/mol. The average Bonchev–Trinajstić information content (AvgIpc) is 3.06. The number of aromatic nitrogens is 1. The molecule has 8 heteroatoms. The minimum absolute atomic E-state index is 0.122. The Hall–Kier alpha value is -3.02. The van der Waals surface area contributed by atoms with Crippen molar-refractivity contribution in [3.8, 4) is 18.2 Å². The number of nitrogens with zero attached hydrogens (tertiary/aromatic N) is 4. The highest BCUT2D eigenvalue weighted by atomic mass is 35.5. The van der Waals surface area contributed by atoms with Crippen molar-refractivity contribution in [1.29, 1.82) is 15.8 Å². The van der Waals surface area contributed by atoms with Crippen LogP contribution in [0.25, 0.3) is 10.2 Å². The lowest BCUT2D eigenvalue weighted by Gasteiger charge is -2.10. The second-order valence-electron chi connectivity index (χ2n) is 4.90. The molecule has 26 heavy (non-hydrogen) atoms. The molecular formula is C18H8ClN5S2. The molecule has 1 aromatic heterocycles. The van der Waals surface area contributed by atoms with E-state index in [1.807, 2.05) is 30.3 Å². The summed E-state index contributed by atoms with van der Waals surface area (Å²) in [5.41, 5.74) is 1.03. The topological polar surface area (TPSA) is 96.3 Å². The van der Waals surface area contributed by atoms with Crippen molar-refractivity contribution in [1.82, 2.24) is 4.98 Å². The van der Waals surface area contributed by atoms with E-state index >= 15 is 0 Å². The van der Waals surface area contributed by atoms with Crippen LogP contribution < -0.4 is 5.32 Å². The van der Waals surface area contributed by atoms with Crippen LogP contribution in [-0.2, 0) is 0 Å². The number of nitrogens with one attached hydrogen (secondary N) is 1. The fraction of sp³-hybridized carbons (Fsp3) is 0. The Morgan fingerprint density at radius 1 is 1.08 bits per heavy atom. The molecule has 1 N–H and O–H groups in total. The molecule has 0 bridgehead atoms. The van der Waals surface area contributed by atoms with E-state index in [0.717, 1.165) is 19.5 Å². The predicted molar refractivity (Wildman–Crippen MR) is 103 cm³/mol. The maximum absolute atomic E-state index is 9.24. The summed E-state index contributed by atoms with van der Waals surface area (Å²) in [5.74, 6) is 0. The van der Waals surface area contributed by atoms with Crippen LogP contribution >= 0.6 is 34.7 Å². The molecule has 3 rings (SSSR count). The summed E-state index contributed by atoms with van der Waals surface area (Å²) in [4.78, 5) is 5.35. The number of anilines is 1. The number of benzene rings is 2. The van der Waals surface area contributed by atoms with Gasteiger partial charge in [0.1, 0.15) is 23.9 Å². The van der Waals surface area contributed by atoms with Crippen LogP contribution in [-0.4, -0.2) is 4.98 Å². The number of allylic oxidation sites excluding steroid dienone is 2. The number of thiazole rings is 1. The van der Waals surface area contributed by atoms with Crippen LogP contribution in [0.15, 0.2) is 63.0 Å². The Morgan fingerprint density at radius 3 is 2.54 bits per heavy atom. The molecule has 0 fully saturated rings. The zero-order chi connectivity index (χ0) is 18.5. The first-order valence-corrected chi connectivity index (χ1v) is 9.20. The fourth-order valence-electron chi connectivity index (χ4n) is 2.10. The molecule has 3 aromatic rings. The minimum atomic E-state index is -0.289. The minimum Gasteiger partial charge on any atom is -0.344 e. The van der Waals surface area contributed by atoms with Crippen LogP contribution in [0, 0.1) is 34.0 Å². The van der Waals surface area contributed by atoms with Crippen molar-refractivity contribution in [2.75, 3.05) is 5.32 Å². The van der Waals surface area contributed by atoms with Gasteiger partial charge < -0.3 is 5.32 Å². The Morgan fingerprint density at radius 2 is 1.85 bits per heavy atom. The molecule has 0 saturated heterocycles. The number of nitriles is 3.